The van der Waals surface area contributed by atoms with E-state index in [2.05, 4.69) is 0 Å². The molecule has 102 valence electrons. The first-order chi connectivity index (χ1) is 8.43. The van der Waals surface area contributed by atoms with Crippen LogP contribution in [-0.2, 0) is 0 Å². The van der Waals surface area contributed by atoms with Crippen LogP contribution in [0.15, 0.2) is 23.1 Å². The Morgan fingerprint density at radius 1 is 1.33 bits per heavy atom. The molecule has 0 radical (unpaired) electrons. The summed E-state index contributed by atoms with van der Waals surface area (Å²) in [4.78, 5) is 0.188. The molecule has 0 aliphatic carbocycles. The first-order valence-corrected chi connectivity index (χ1v) is 6.80. The van der Waals surface area contributed by atoms with Crippen molar-refractivity contribution < 1.29 is 13.9 Å². The number of aliphatic hydroxyl groups is 1. The van der Waals surface area contributed by atoms with Gasteiger partial charge in [-0.15, -0.1) is 11.8 Å². The van der Waals surface area contributed by atoms with Gasteiger partial charge in [-0.1, -0.05) is 13.8 Å². The van der Waals surface area contributed by atoms with E-state index in [0.29, 0.717) is 5.92 Å². The lowest BCUT2D eigenvalue weighted by molar-refractivity contribution is 0.275. The number of nitrogens with two attached hydrogens (primary N) is 1. The topological polar surface area (TPSA) is 46.2 Å². The number of rotatable bonds is 6. The standard InChI is InChI=1S/C13H19F2NOS/c1-8(2)5-11(16)13(7-17)18-12-6-9(14)3-4-10(12)15/h3-4,6,8,11,13,17H,5,7,16H2,1-2H3. The average molecular weight is 275 g/mol. The highest BCUT2D eigenvalue weighted by Crippen LogP contribution is 2.29. The van der Waals surface area contributed by atoms with Gasteiger partial charge in [-0.25, -0.2) is 8.78 Å². The minimum Gasteiger partial charge on any atom is -0.395 e. The summed E-state index contributed by atoms with van der Waals surface area (Å²) in [6.07, 6.45) is 0.731. The summed E-state index contributed by atoms with van der Waals surface area (Å²) < 4.78 is 26.5. The van der Waals surface area contributed by atoms with Crippen molar-refractivity contribution in [1.82, 2.24) is 0 Å². The molecule has 2 nitrogen and oxygen atoms in total. The smallest absolute Gasteiger partial charge is 0.136 e. The van der Waals surface area contributed by atoms with Crippen molar-refractivity contribution in [3.8, 4) is 0 Å². The molecule has 3 N–H and O–H groups in total. The maximum atomic E-state index is 13.5. The molecule has 0 spiro atoms. The number of benzene rings is 1. The van der Waals surface area contributed by atoms with Crippen molar-refractivity contribution in [1.29, 1.82) is 0 Å². The highest BCUT2D eigenvalue weighted by molar-refractivity contribution is 8.00. The quantitative estimate of drug-likeness (QED) is 0.785. The van der Waals surface area contributed by atoms with Crippen LogP contribution in [0.5, 0.6) is 0 Å². The Morgan fingerprint density at radius 3 is 2.56 bits per heavy atom. The van der Waals surface area contributed by atoms with Crippen molar-refractivity contribution in [2.24, 2.45) is 11.7 Å². The van der Waals surface area contributed by atoms with Crippen molar-refractivity contribution >= 4 is 11.8 Å². The first-order valence-electron chi connectivity index (χ1n) is 5.92. The molecular formula is C13H19F2NOS. The van der Waals surface area contributed by atoms with Crippen molar-refractivity contribution in [3.05, 3.63) is 29.8 Å². The maximum absolute atomic E-state index is 13.5. The molecule has 2 unspecified atom stereocenters. The molecule has 0 saturated carbocycles. The zero-order chi connectivity index (χ0) is 13.7. The van der Waals surface area contributed by atoms with Crippen LogP contribution in [0.1, 0.15) is 20.3 Å². The summed E-state index contributed by atoms with van der Waals surface area (Å²) in [5, 5.41) is 8.98. The largest absolute Gasteiger partial charge is 0.395 e. The van der Waals surface area contributed by atoms with Gasteiger partial charge in [0.15, 0.2) is 0 Å². The fraction of sp³-hybridized carbons (Fsp3) is 0.538. The van der Waals surface area contributed by atoms with Gasteiger partial charge in [-0.05, 0) is 30.5 Å². The number of thioether (sulfide) groups is 1. The Morgan fingerprint density at radius 2 is 2.00 bits per heavy atom. The molecule has 0 amide bonds. The minimum atomic E-state index is -0.493. The number of halogens is 2. The van der Waals surface area contributed by atoms with Gasteiger partial charge in [0.05, 0.1) is 6.61 Å². The third-order valence-corrected chi connectivity index (χ3v) is 3.94. The third kappa shape index (κ3) is 4.55. The molecule has 1 rings (SSSR count). The lowest BCUT2D eigenvalue weighted by atomic mass is 10.0. The Hall–Kier alpha value is -0.650. The number of hydrogen-bond donors (Lipinski definition) is 2. The molecule has 0 aromatic heterocycles. The molecule has 0 fully saturated rings. The van der Waals surface area contributed by atoms with Gasteiger partial charge >= 0.3 is 0 Å². The Balaban J connectivity index is 2.76. The van der Waals surface area contributed by atoms with Gasteiger partial charge in [-0.2, -0.15) is 0 Å². The summed E-state index contributed by atoms with van der Waals surface area (Å²) in [7, 11) is 0. The van der Waals surface area contributed by atoms with E-state index in [1.54, 1.807) is 0 Å². The van der Waals surface area contributed by atoms with E-state index in [1.807, 2.05) is 13.8 Å². The number of hydrogen-bond acceptors (Lipinski definition) is 3. The highest BCUT2D eigenvalue weighted by atomic mass is 32.2. The zero-order valence-electron chi connectivity index (χ0n) is 10.6. The van der Waals surface area contributed by atoms with E-state index < -0.39 is 11.6 Å². The Kier molecular flexibility index (Phi) is 6.05. The van der Waals surface area contributed by atoms with Crippen LogP contribution >= 0.6 is 11.8 Å². The SMILES string of the molecule is CC(C)CC(N)C(CO)Sc1cc(F)ccc1F. The van der Waals surface area contributed by atoms with Crippen LogP contribution in [0.4, 0.5) is 8.78 Å². The molecular weight excluding hydrogens is 256 g/mol. The second kappa shape index (κ2) is 7.07. The van der Waals surface area contributed by atoms with Gasteiger partial charge < -0.3 is 10.8 Å². The van der Waals surface area contributed by atoms with Gasteiger partial charge in [0.1, 0.15) is 11.6 Å². The van der Waals surface area contributed by atoms with Gasteiger partial charge in [-0.3, -0.25) is 0 Å². The number of aliphatic hydroxyl groups excluding tert-OH is 1. The van der Waals surface area contributed by atoms with Crippen LogP contribution in [0.3, 0.4) is 0 Å². The summed E-state index contributed by atoms with van der Waals surface area (Å²) in [6.45, 7) is 3.90. The van der Waals surface area contributed by atoms with E-state index in [0.717, 1.165) is 36.4 Å². The molecule has 0 bridgehead atoms. The lowest BCUT2D eigenvalue weighted by Gasteiger charge is -2.23. The molecule has 0 saturated heterocycles. The van der Waals surface area contributed by atoms with Gasteiger partial charge in [0, 0.05) is 16.2 Å². The van der Waals surface area contributed by atoms with Crippen LogP contribution < -0.4 is 5.73 Å². The van der Waals surface area contributed by atoms with Crippen LogP contribution in [0.2, 0.25) is 0 Å². The Labute approximate surface area is 111 Å². The Bertz CT molecular complexity index is 387. The van der Waals surface area contributed by atoms with Crippen LogP contribution in [-0.4, -0.2) is 23.0 Å². The monoisotopic (exact) mass is 275 g/mol. The highest BCUT2D eigenvalue weighted by Gasteiger charge is 2.21. The lowest BCUT2D eigenvalue weighted by Crippen LogP contribution is -2.36. The van der Waals surface area contributed by atoms with Crippen LogP contribution in [0.25, 0.3) is 0 Å². The summed E-state index contributed by atoms with van der Waals surface area (Å²) >= 11 is 1.09. The molecule has 0 aliphatic rings. The minimum absolute atomic E-state index is 0.158. The third-order valence-electron chi connectivity index (χ3n) is 2.57. The van der Waals surface area contributed by atoms with Crippen LogP contribution in [0, 0.1) is 17.6 Å². The van der Waals surface area contributed by atoms with E-state index >= 15 is 0 Å². The summed E-state index contributed by atoms with van der Waals surface area (Å²) in [5.41, 5.74) is 5.97. The predicted molar refractivity (Wildman–Crippen MR) is 70.5 cm³/mol. The maximum Gasteiger partial charge on any atom is 0.136 e. The van der Waals surface area contributed by atoms with Gasteiger partial charge in [0.25, 0.3) is 0 Å². The summed E-state index contributed by atoms with van der Waals surface area (Å²) in [5.74, 6) is -0.586. The normalized spacial score (nSPS) is 14.8. The van der Waals surface area contributed by atoms with Crippen molar-refractivity contribution in [3.63, 3.8) is 0 Å². The zero-order valence-corrected chi connectivity index (χ0v) is 11.4. The van der Waals surface area contributed by atoms with Gasteiger partial charge in [0.2, 0.25) is 0 Å². The predicted octanol–water partition coefficient (Wildman–Crippen LogP) is 2.79. The average Bonchev–Trinajstić information content (AvgIpc) is 2.29. The molecule has 2 atom stereocenters. The van der Waals surface area contributed by atoms with Crippen molar-refractivity contribution in [2.45, 2.75) is 36.5 Å². The van der Waals surface area contributed by atoms with Crippen molar-refractivity contribution in [2.75, 3.05) is 6.61 Å². The van der Waals surface area contributed by atoms with E-state index in [9.17, 15) is 13.9 Å². The fourth-order valence-corrected chi connectivity index (χ4v) is 2.73. The molecule has 5 heteroatoms. The van der Waals surface area contributed by atoms with E-state index in [1.165, 1.54) is 0 Å². The first kappa shape index (κ1) is 15.4. The molecule has 0 aliphatic heterocycles. The molecule has 0 heterocycles. The molecule has 1 aromatic carbocycles. The second-order valence-corrected chi connectivity index (χ2v) is 5.99. The molecule has 18 heavy (non-hydrogen) atoms. The summed E-state index contributed by atoms with van der Waals surface area (Å²) in [6, 6.07) is 3.04. The second-order valence-electron chi connectivity index (χ2n) is 4.71. The fourth-order valence-electron chi connectivity index (χ4n) is 1.69. The van der Waals surface area contributed by atoms with E-state index in [-0.39, 0.29) is 22.8 Å². The molecule has 1 aromatic rings. The van der Waals surface area contributed by atoms with E-state index in [4.69, 9.17) is 5.73 Å².